The van der Waals surface area contributed by atoms with Gasteiger partial charge in [0, 0.05) is 34.7 Å². The van der Waals surface area contributed by atoms with E-state index in [-0.39, 0.29) is 17.9 Å². The van der Waals surface area contributed by atoms with E-state index in [1.807, 2.05) is 53.4 Å². The Kier molecular flexibility index (Phi) is 5.12. The van der Waals surface area contributed by atoms with E-state index in [4.69, 9.17) is 11.6 Å². The highest BCUT2D eigenvalue weighted by atomic mass is 35.5. The Bertz CT molecular complexity index is 1240. The lowest BCUT2D eigenvalue weighted by molar-refractivity contribution is 0.179. The van der Waals surface area contributed by atoms with Crippen LogP contribution < -0.4 is 5.32 Å². The summed E-state index contributed by atoms with van der Waals surface area (Å²) in [5, 5.41) is 4.78. The number of urea groups is 1. The number of aromatic amines is 1. The molecule has 4 aromatic rings. The van der Waals surface area contributed by atoms with Crippen molar-refractivity contribution < 1.29 is 9.18 Å². The number of benzene rings is 3. The summed E-state index contributed by atoms with van der Waals surface area (Å²) in [6.45, 7) is 0.997. The molecule has 0 saturated carbocycles. The van der Waals surface area contributed by atoms with Crippen molar-refractivity contribution in [1.29, 1.82) is 0 Å². The van der Waals surface area contributed by atoms with Crippen LogP contribution in [0.5, 0.6) is 0 Å². The summed E-state index contributed by atoms with van der Waals surface area (Å²) in [5.74, 6) is -0.303. The molecule has 4 nitrogen and oxygen atoms in total. The molecule has 0 bridgehead atoms. The first kappa shape index (κ1) is 19.6. The van der Waals surface area contributed by atoms with Crippen LogP contribution in [-0.2, 0) is 13.0 Å². The molecule has 2 N–H and O–H groups in total. The van der Waals surface area contributed by atoms with Gasteiger partial charge in [-0.1, -0.05) is 54.1 Å². The smallest absolute Gasteiger partial charge is 0.318 e. The Morgan fingerprint density at radius 1 is 1.10 bits per heavy atom. The number of fused-ring (bicyclic) bond motifs is 3. The van der Waals surface area contributed by atoms with Crippen LogP contribution in [0.1, 0.15) is 28.4 Å². The number of carbonyl (C=O) groups excluding carboxylic acids is 1. The molecule has 0 fully saturated rings. The molecule has 5 rings (SSSR count). The van der Waals surface area contributed by atoms with Gasteiger partial charge in [-0.25, -0.2) is 9.18 Å². The van der Waals surface area contributed by atoms with E-state index in [9.17, 15) is 9.18 Å². The Labute approximate surface area is 184 Å². The third kappa shape index (κ3) is 3.77. The number of hydrogen-bond donors (Lipinski definition) is 2. The van der Waals surface area contributed by atoms with E-state index < -0.39 is 0 Å². The average molecular weight is 434 g/mol. The molecule has 3 aromatic carbocycles. The van der Waals surface area contributed by atoms with Crippen LogP contribution in [0.15, 0.2) is 72.8 Å². The lowest BCUT2D eigenvalue weighted by atomic mass is 9.92. The third-order valence-electron chi connectivity index (χ3n) is 5.82. The van der Waals surface area contributed by atoms with Gasteiger partial charge in [0.2, 0.25) is 0 Å². The molecule has 6 heteroatoms. The molecule has 0 spiro atoms. The first-order valence-corrected chi connectivity index (χ1v) is 10.6. The fourth-order valence-corrected chi connectivity index (χ4v) is 4.52. The molecule has 1 atom stereocenters. The second-order valence-corrected chi connectivity index (χ2v) is 8.19. The molecule has 0 saturated heterocycles. The zero-order valence-electron chi connectivity index (χ0n) is 16.7. The SMILES string of the molecule is O=C(NCc1ccccc1)N1CCc2c([nH]c3ccc(Cl)cc23)C1c1ccc(F)cc1. The Morgan fingerprint density at radius 2 is 1.87 bits per heavy atom. The standard InChI is InChI=1S/C25H21ClFN3O/c26-18-8-11-22-21(14-18)20-12-13-30(25(31)28-15-16-4-2-1-3-5-16)24(23(20)29-22)17-6-9-19(27)10-7-17/h1-11,14,24,29H,12-13,15H2,(H,28,31). The second-order valence-electron chi connectivity index (χ2n) is 7.75. The van der Waals surface area contributed by atoms with Crippen LogP contribution in [-0.4, -0.2) is 22.5 Å². The Balaban J connectivity index is 1.52. The molecule has 1 aliphatic rings. The first-order valence-electron chi connectivity index (χ1n) is 10.2. The number of nitrogens with one attached hydrogen (secondary N) is 2. The van der Waals surface area contributed by atoms with Gasteiger partial charge in [0.1, 0.15) is 5.82 Å². The van der Waals surface area contributed by atoms with Gasteiger partial charge < -0.3 is 15.2 Å². The van der Waals surface area contributed by atoms with Gasteiger partial charge in [0.25, 0.3) is 0 Å². The van der Waals surface area contributed by atoms with Gasteiger partial charge in [-0.3, -0.25) is 0 Å². The van der Waals surface area contributed by atoms with Gasteiger partial charge >= 0.3 is 6.03 Å². The molecule has 31 heavy (non-hydrogen) atoms. The van der Waals surface area contributed by atoms with E-state index in [0.717, 1.165) is 33.3 Å². The fourth-order valence-electron chi connectivity index (χ4n) is 4.35. The van der Waals surface area contributed by atoms with Crippen molar-refractivity contribution in [1.82, 2.24) is 15.2 Å². The van der Waals surface area contributed by atoms with Crippen molar-refractivity contribution >= 4 is 28.5 Å². The minimum absolute atomic E-state index is 0.152. The summed E-state index contributed by atoms with van der Waals surface area (Å²) in [5.41, 5.74) is 4.97. The number of hydrogen-bond acceptors (Lipinski definition) is 1. The van der Waals surface area contributed by atoms with E-state index in [1.165, 1.54) is 12.1 Å². The number of rotatable bonds is 3. The number of nitrogens with zero attached hydrogens (tertiary/aromatic N) is 1. The van der Waals surface area contributed by atoms with Crippen molar-refractivity contribution in [3.05, 3.63) is 106 Å². The fraction of sp³-hybridized carbons (Fsp3) is 0.160. The lowest BCUT2D eigenvalue weighted by Crippen LogP contribution is -2.45. The van der Waals surface area contributed by atoms with Crippen molar-refractivity contribution in [2.24, 2.45) is 0 Å². The van der Waals surface area contributed by atoms with E-state index in [0.29, 0.717) is 24.5 Å². The molecule has 1 aromatic heterocycles. The molecule has 0 aliphatic carbocycles. The summed E-state index contributed by atoms with van der Waals surface area (Å²) in [6.07, 6.45) is 0.714. The van der Waals surface area contributed by atoms with Crippen molar-refractivity contribution in [3.63, 3.8) is 0 Å². The van der Waals surface area contributed by atoms with Gasteiger partial charge in [0.05, 0.1) is 6.04 Å². The van der Waals surface area contributed by atoms with Crippen LogP contribution in [0.25, 0.3) is 10.9 Å². The van der Waals surface area contributed by atoms with Gasteiger partial charge in [-0.05, 0) is 53.4 Å². The Morgan fingerprint density at radius 3 is 2.65 bits per heavy atom. The van der Waals surface area contributed by atoms with Gasteiger partial charge in [-0.15, -0.1) is 0 Å². The minimum atomic E-state index is -0.341. The molecule has 1 unspecified atom stereocenters. The number of amides is 2. The van der Waals surface area contributed by atoms with Crippen molar-refractivity contribution in [2.45, 2.75) is 19.0 Å². The monoisotopic (exact) mass is 433 g/mol. The lowest BCUT2D eigenvalue weighted by Gasteiger charge is -2.36. The zero-order valence-corrected chi connectivity index (χ0v) is 17.5. The van der Waals surface area contributed by atoms with Gasteiger partial charge in [0.15, 0.2) is 0 Å². The Hall–Kier alpha value is -3.31. The second kappa shape index (κ2) is 8.08. The molecular formula is C25H21ClFN3O. The van der Waals surface area contributed by atoms with Gasteiger partial charge in [-0.2, -0.15) is 0 Å². The van der Waals surface area contributed by atoms with Crippen LogP contribution in [0, 0.1) is 5.82 Å². The van der Waals surface area contributed by atoms with Crippen molar-refractivity contribution in [3.8, 4) is 0 Å². The maximum Gasteiger partial charge on any atom is 0.318 e. The van der Waals surface area contributed by atoms with Crippen LogP contribution in [0.2, 0.25) is 5.02 Å². The molecule has 2 heterocycles. The highest BCUT2D eigenvalue weighted by molar-refractivity contribution is 6.31. The highest BCUT2D eigenvalue weighted by Crippen LogP contribution is 2.39. The van der Waals surface area contributed by atoms with Crippen molar-refractivity contribution in [2.75, 3.05) is 6.54 Å². The highest BCUT2D eigenvalue weighted by Gasteiger charge is 2.34. The number of aromatic nitrogens is 1. The van der Waals surface area contributed by atoms with E-state index >= 15 is 0 Å². The third-order valence-corrected chi connectivity index (χ3v) is 6.06. The normalized spacial score (nSPS) is 15.7. The predicted octanol–water partition coefficient (Wildman–Crippen LogP) is 5.82. The molecule has 156 valence electrons. The largest absolute Gasteiger partial charge is 0.356 e. The topological polar surface area (TPSA) is 48.1 Å². The number of halogens is 2. The molecule has 0 radical (unpaired) electrons. The molecule has 2 amide bonds. The number of carbonyl (C=O) groups is 1. The summed E-state index contributed by atoms with van der Waals surface area (Å²) >= 11 is 6.24. The molecule has 1 aliphatic heterocycles. The summed E-state index contributed by atoms with van der Waals surface area (Å²) in [7, 11) is 0. The van der Waals surface area contributed by atoms with Crippen LogP contribution in [0.3, 0.4) is 0 Å². The average Bonchev–Trinajstić information content (AvgIpc) is 3.16. The van der Waals surface area contributed by atoms with E-state index in [1.54, 1.807) is 12.1 Å². The minimum Gasteiger partial charge on any atom is -0.356 e. The summed E-state index contributed by atoms with van der Waals surface area (Å²) in [6, 6.07) is 21.4. The first-order chi connectivity index (χ1) is 15.1. The number of H-pyrrole nitrogens is 1. The van der Waals surface area contributed by atoms with Crippen LogP contribution >= 0.6 is 11.6 Å². The van der Waals surface area contributed by atoms with Crippen LogP contribution in [0.4, 0.5) is 9.18 Å². The zero-order chi connectivity index (χ0) is 21.4. The summed E-state index contributed by atoms with van der Waals surface area (Å²) < 4.78 is 13.6. The molecular weight excluding hydrogens is 413 g/mol. The predicted molar refractivity (Wildman–Crippen MR) is 121 cm³/mol. The van der Waals surface area contributed by atoms with E-state index in [2.05, 4.69) is 10.3 Å². The maximum atomic E-state index is 13.6. The summed E-state index contributed by atoms with van der Waals surface area (Å²) in [4.78, 5) is 18.5. The quantitative estimate of drug-likeness (QED) is 0.420. The maximum absolute atomic E-state index is 13.6.